The maximum absolute atomic E-state index is 11.9. The number of hydrogen-bond donors (Lipinski definition) is 1. The molecule has 7 nitrogen and oxygen atoms in total. The number of esters is 1. The highest BCUT2D eigenvalue weighted by Gasteiger charge is 2.36. The van der Waals surface area contributed by atoms with E-state index < -0.39 is 0 Å². The molecule has 0 amide bonds. The first kappa shape index (κ1) is 22.2. The van der Waals surface area contributed by atoms with Crippen molar-refractivity contribution in [3.05, 3.63) is 53.9 Å². The Morgan fingerprint density at radius 3 is 2.79 bits per heavy atom. The quantitative estimate of drug-likeness (QED) is 0.297. The molecule has 1 aromatic heterocycles. The minimum Gasteiger partial charge on any atom is -0.469 e. The summed E-state index contributed by atoms with van der Waals surface area (Å²) in [7, 11) is 3.22. The molecule has 2 unspecified atom stereocenters. The Kier molecular flexibility index (Phi) is 8.28. The Bertz CT molecular complexity index is 794. The van der Waals surface area contributed by atoms with E-state index in [1.165, 1.54) is 18.2 Å². The van der Waals surface area contributed by atoms with Crippen molar-refractivity contribution in [1.82, 2.24) is 20.0 Å². The zero-order chi connectivity index (χ0) is 19.2. The Labute approximate surface area is 183 Å². The van der Waals surface area contributed by atoms with E-state index in [9.17, 15) is 4.79 Å². The van der Waals surface area contributed by atoms with Gasteiger partial charge in [-0.15, -0.1) is 24.0 Å². The van der Waals surface area contributed by atoms with Gasteiger partial charge in [0.05, 0.1) is 19.6 Å². The van der Waals surface area contributed by atoms with Gasteiger partial charge in [0.15, 0.2) is 5.96 Å². The van der Waals surface area contributed by atoms with Gasteiger partial charge in [0, 0.05) is 39.1 Å². The van der Waals surface area contributed by atoms with E-state index in [-0.39, 0.29) is 41.8 Å². The summed E-state index contributed by atoms with van der Waals surface area (Å²) in [5, 5.41) is 7.67. The number of carbonyl (C=O) groups is 1. The number of benzene rings is 1. The van der Waals surface area contributed by atoms with Crippen LogP contribution in [0.3, 0.4) is 0 Å². The van der Waals surface area contributed by atoms with E-state index in [4.69, 9.17) is 4.74 Å². The zero-order valence-corrected chi connectivity index (χ0v) is 18.9. The zero-order valence-electron chi connectivity index (χ0n) is 16.5. The van der Waals surface area contributed by atoms with Crippen molar-refractivity contribution in [2.24, 2.45) is 16.8 Å². The van der Waals surface area contributed by atoms with Gasteiger partial charge in [0.1, 0.15) is 0 Å². The molecule has 2 aromatic rings. The lowest BCUT2D eigenvalue weighted by Gasteiger charge is -2.21. The number of carbonyl (C=O) groups excluding carboxylic acids is 1. The molecular formula is C20H28IN5O2. The van der Waals surface area contributed by atoms with E-state index in [0.29, 0.717) is 13.1 Å². The molecule has 0 bridgehead atoms. The summed E-state index contributed by atoms with van der Waals surface area (Å²) in [6, 6.07) is 10.4. The second-order valence-corrected chi connectivity index (χ2v) is 6.94. The molecule has 8 heteroatoms. The van der Waals surface area contributed by atoms with Crippen molar-refractivity contribution < 1.29 is 9.53 Å². The van der Waals surface area contributed by atoms with Crippen LogP contribution in [0.1, 0.15) is 18.1 Å². The fourth-order valence-corrected chi connectivity index (χ4v) is 3.53. The summed E-state index contributed by atoms with van der Waals surface area (Å²) in [5.74, 6) is 0.803. The predicted octanol–water partition coefficient (Wildman–Crippen LogP) is 2.37. The van der Waals surface area contributed by atoms with Crippen LogP contribution in [0.4, 0.5) is 0 Å². The predicted molar refractivity (Wildman–Crippen MR) is 120 cm³/mol. The molecule has 3 rings (SSSR count). The maximum Gasteiger partial charge on any atom is 0.310 e. The largest absolute Gasteiger partial charge is 0.469 e. The fraction of sp³-hybridized carbons (Fsp3) is 0.450. The summed E-state index contributed by atoms with van der Waals surface area (Å²) >= 11 is 0. The third-order valence-electron chi connectivity index (χ3n) is 4.97. The summed E-state index contributed by atoms with van der Waals surface area (Å²) in [5.41, 5.74) is 2.38. The number of hydrogen-bond acceptors (Lipinski definition) is 4. The van der Waals surface area contributed by atoms with Crippen molar-refractivity contribution in [1.29, 1.82) is 0 Å². The van der Waals surface area contributed by atoms with Crippen LogP contribution in [0, 0.1) is 11.8 Å². The van der Waals surface area contributed by atoms with Crippen LogP contribution in [0.15, 0.2) is 47.7 Å². The second-order valence-electron chi connectivity index (χ2n) is 6.94. The average Bonchev–Trinajstić information content (AvgIpc) is 3.32. The molecule has 2 heterocycles. The Morgan fingerprint density at radius 2 is 2.11 bits per heavy atom. The minimum absolute atomic E-state index is 0. The van der Waals surface area contributed by atoms with Crippen molar-refractivity contribution in [2.75, 3.05) is 27.2 Å². The molecule has 1 N–H and O–H groups in total. The highest BCUT2D eigenvalue weighted by molar-refractivity contribution is 14.0. The molecule has 1 fully saturated rings. The number of aromatic nitrogens is 2. The second kappa shape index (κ2) is 10.4. The van der Waals surface area contributed by atoms with Crippen LogP contribution in [-0.4, -0.2) is 53.9 Å². The molecule has 1 saturated heterocycles. The van der Waals surface area contributed by atoms with Crippen molar-refractivity contribution in [3.63, 3.8) is 0 Å². The first-order chi connectivity index (χ1) is 13.1. The Balaban J connectivity index is 0.00000280. The lowest BCUT2D eigenvalue weighted by molar-refractivity contribution is -0.145. The van der Waals surface area contributed by atoms with Gasteiger partial charge >= 0.3 is 5.97 Å². The highest BCUT2D eigenvalue weighted by atomic mass is 127. The van der Waals surface area contributed by atoms with Crippen molar-refractivity contribution in [3.8, 4) is 0 Å². The standard InChI is InChI=1S/C20H27N5O2.HI/c1-15-12-24(14-18(15)19(26)27-3)20(21-2)22-11-16-6-4-7-17(10-16)13-25-9-5-8-23-25;/h4-10,15,18H,11-14H2,1-3H3,(H,21,22);1H. The highest BCUT2D eigenvalue weighted by Crippen LogP contribution is 2.24. The summed E-state index contributed by atoms with van der Waals surface area (Å²) in [4.78, 5) is 18.4. The Morgan fingerprint density at radius 1 is 1.32 bits per heavy atom. The average molecular weight is 497 g/mol. The lowest BCUT2D eigenvalue weighted by atomic mass is 9.99. The van der Waals surface area contributed by atoms with Gasteiger partial charge < -0.3 is 15.0 Å². The van der Waals surface area contributed by atoms with Crippen LogP contribution >= 0.6 is 24.0 Å². The lowest BCUT2D eigenvalue weighted by Crippen LogP contribution is -2.40. The third kappa shape index (κ3) is 5.46. The van der Waals surface area contributed by atoms with E-state index in [1.54, 1.807) is 13.2 Å². The van der Waals surface area contributed by atoms with Gasteiger partial charge in [-0.25, -0.2) is 0 Å². The van der Waals surface area contributed by atoms with Gasteiger partial charge in [-0.05, 0) is 23.1 Å². The summed E-state index contributed by atoms with van der Waals surface area (Å²) < 4.78 is 6.83. The number of likely N-dealkylation sites (tertiary alicyclic amines) is 1. The molecule has 2 atom stereocenters. The first-order valence-electron chi connectivity index (χ1n) is 9.19. The summed E-state index contributed by atoms with van der Waals surface area (Å²) in [6.45, 7) is 4.92. The maximum atomic E-state index is 11.9. The van der Waals surface area contributed by atoms with Gasteiger partial charge in [0.2, 0.25) is 0 Å². The van der Waals surface area contributed by atoms with Crippen LogP contribution in [-0.2, 0) is 22.6 Å². The molecule has 1 aliphatic heterocycles. The van der Waals surface area contributed by atoms with E-state index >= 15 is 0 Å². The van der Waals surface area contributed by atoms with E-state index in [2.05, 4.69) is 51.5 Å². The number of ether oxygens (including phenoxy) is 1. The number of guanidine groups is 1. The van der Waals surface area contributed by atoms with Crippen LogP contribution in [0.2, 0.25) is 0 Å². The molecule has 0 radical (unpaired) electrons. The van der Waals surface area contributed by atoms with Crippen molar-refractivity contribution >= 4 is 35.9 Å². The molecule has 0 saturated carbocycles. The van der Waals surface area contributed by atoms with Crippen LogP contribution < -0.4 is 5.32 Å². The van der Waals surface area contributed by atoms with Gasteiger partial charge in [-0.2, -0.15) is 5.10 Å². The normalized spacial score (nSPS) is 19.2. The topological polar surface area (TPSA) is 71.8 Å². The van der Waals surface area contributed by atoms with Gasteiger partial charge in [-0.1, -0.05) is 31.2 Å². The van der Waals surface area contributed by atoms with Crippen molar-refractivity contribution in [2.45, 2.75) is 20.0 Å². The number of nitrogens with zero attached hydrogens (tertiary/aromatic N) is 4. The monoisotopic (exact) mass is 497 g/mol. The van der Waals surface area contributed by atoms with E-state index in [0.717, 1.165) is 19.0 Å². The molecule has 152 valence electrons. The Hall–Kier alpha value is -2.10. The number of aliphatic imine (C=N–C) groups is 1. The fourth-order valence-electron chi connectivity index (χ4n) is 3.53. The number of methoxy groups -OCH3 is 1. The molecule has 28 heavy (non-hydrogen) atoms. The van der Waals surface area contributed by atoms with Gasteiger partial charge in [0.25, 0.3) is 0 Å². The number of halogens is 1. The van der Waals surface area contributed by atoms with Gasteiger partial charge in [-0.3, -0.25) is 14.5 Å². The number of nitrogens with one attached hydrogen (secondary N) is 1. The smallest absolute Gasteiger partial charge is 0.310 e. The molecule has 1 aromatic carbocycles. The molecule has 1 aliphatic rings. The molecule has 0 spiro atoms. The first-order valence-corrected chi connectivity index (χ1v) is 9.19. The van der Waals surface area contributed by atoms with E-state index in [1.807, 2.05) is 16.9 Å². The summed E-state index contributed by atoms with van der Waals surface area (Å²) in [6.07, 6.45) is 3.74. The van der Waals surface area contributed by atoms with Crippen LogP contribution in [0.25, 0.3) is 0 Å². The minimum atomic E-state index is -0.147. The SMILES string of the molecule is CN=C(NCc1cccc(Cn2cccn2)c1)N1CC(C)C(C(=O)OC)C1.I. The molecule has 0 aliphatic carbocycles. The molecular weight excluding hydrogens is 469 g/mol. The third-order valence-corrected chi connectivity index (χ3v) is 4.97. The number of rotatable bonds is 5. The van der Waals surface area contributed by atoms with Crippen LogP contribution in [0.5, 0.6) is 0 Å².